The third kappa shape index (κ3) is 8.01. The first-order chi connectivity index (χ1) is 21.1. The SMILES string of the molecule is COc1cc(CN(CCC(c2ccccc2)c2ccccc2)C(=O)Nc2ccccc2F)ccc1OCc1ccccc1. The van der Waals surface area contributed by atoms with Gasteiger partial charge in [0.15, 0.2) is 11.5 Å². The molecule has 0 heterocycles. The Balaban J connectivity index is 1.37. The summed E-state index contributed by atoms with van der Waals surface area (Å²) in [4.78, 5) is 15.3. The van der Waals surface area contributed by atoms with Crippen LogP contribution in [0.25, 0.3) is 0 Å². The van der Waals surface area contributed by atoms with Crippen molar-refractivity contribution in [1.82, 2.24) is 4.90 Å². The average Bonchev–Trinajstić information content (AvgIpc) is 3.06. The highest BCUT2D eigenvalue weighted by Gasteiger charge is 2.21. The van der Waals surface area contributed by atoms with E-state index in [0.29, 0.717) is 37.6 Å². The van der Waals surface area contributed by atoms with E-state index in [9.17, 15) is 9.18 Å². The first-order valence-electron chi connectivity index (χ1n) is 14.3. The van der Waals surface area contributed by atoms with E-state index < -0.39 is 5.82 Å². The summed E-state index contributed by atoms with van der Waals surface area (Å²) in [7, 11) is 1.60. The van der Waals surface area contributed by atoms with Crippen LogP contribution in [0.1, 0.15) is 34.6 Å². The molecule has 0 aliphatic rings. The molecule has 2 amide bonds. The number of hydrogen-bond acceptors (Lipinski definition) is 3. The zero-order chi connectivity index (χ0) is 29.9. The molecule has 43 heavy (non-hydrogen) atoms. The first kappa shape index (κ1) is 29.4. The number of ether oxygens (including phenoxy) is 2. The van der Waals surface area contributed by atoms with E-state index in [2.05, 4.69) is 29.6 Å². The van der Waals surface area contributed by atoms with Gasteiger partial charge in [0.05, 0.1) is 12.8 Å². The molecule has 0 aliphatic carbocycles. The van der Waals surface area contributed by atoms with E-state index in [0.717, 1.165) is 11.1 Å². The lowest BCUT2D eigenvalue weighted by atomic mass is 9.88. The molecular weight excluding hydrogens is 539 g/mol. The van der Waals surface area contributed by atoms with Crippen LogP contribution in [-0.4, -0.2) is 24.6 Å². The Kier molecular flexibility index (Phi) is 10.0. The van der Waals surface area contributed by atoms with Gasteiger partial charge in [0, 0.05) is 19.0 Å². The molecule has 0 unspecified atom stereocenters. The van der Waals surface area contributed by atoms with Gasteiger partial charge in [-0.2, -0.15) is 0 Å². The van der Waals surface area contributed by atoms with E-state index in [1.165, 1.54) is 17.2 Å². The summed E-state index contributed by atoms with van der Waals surface area (Å²) in [5.74, 6) is 0.790. The van der Waals surface area contributed by atoms with Crippen molar-refractivity contribution in [3.8, 4) is 11.5 Å². The maximum atomic E-state index is 14.5. The van der Waals surface area contributed by atoms with Gasteiger partial charge in [-0.05, 0) is 52.9 Å². The number of amides is 2. The molecule has 218 valence electrons. The zero-order valence-corrected chi connectivity index (χ0v) is 24.2. The second-order valence-corrected chi connectivity index (χ2v) is 10.3. The zero-order valence-electron chi connectivity index (χ0n) is 24.2. The van der Waals surface area contributed by atoms with Crippen molar-refractivity contribution in [2.24, 2.45) is 0 Å². The number of carbonyl (C=O) groups excluding carboxylic acids is 1. The smallest absolute Gasteiger partial charge is 0.322 e. The van der Waals surface area contributed by atoms with Crippen LogP contribution in [-0.2, 0) is 13.2 Å². The predicted octanol–water partition coefficient (Wildman–Crippen LogP) is 8.67. The molecule has 0 saturated heterocycles. The predicted molar refractivity (Wildman–Crippen MR) is 169 cm³/mol. The number of anilines is 1. The molecule has 0 saturated carbocycles. The molecule has 1 N–H and O–H groups in total. The van der Waals surface area contributed by atoms with Crippen molar-refractivity contribution in [3.05, 3.63) is 162 Å². The lowest BCUT2D eigenvalue weighted by molar-refractivity contribution is 0.207. The fourth-order valence-corrected chi connectivity index (χ4v) is 5.08. The van der Waals surface area contributed by atoms with Crippen LogP contribution in [0, 0.1) is 5.82 Å². The maximum absolute atomic E-state index is 14.5. The molecule has 0 aliphatic heterocycles. The molecule has 6 heteroatoms. The summed E-state index contributed by atoms with van der Waals surface area (Å²) < 4.78 is 26.2. The summed E-state index contributed by atoms with van der Waals surface area (Å²) in [6, 6.07) is 42.0. The lowest BCUT2D eigenvalue weighted by Gasteiger charge is -2.27. The minimum Gasteiger partial charge on any atom is -0.493 e. The molecule has 5 aromatic rings. The number of hydrogen-bond donors (Lipinski definition) is 1. The fourth-order valence-electron chi connectivity index (χ4n) is 5.08. The molecular formula is C37H35FN2O3. The van der Waals surface area contributed by atoms with Crippen LogP contribution in [0.15, 0.2) is 133 Å². The van der Waals surface area contributed by atoms with Gasteiger partial charge >= 0.3 is 6.03 Å². The number of urea groups is 1. The number of rotatable bonds is 12. The van der Waals surface area contributed by atoms with Crippen LogP contribution in [0.5, 0.6) is 11.5 Å². The monoisotopic (exact) mass is 574 g/mol. The second kappa shape index (κ2) is 14.7. The Hall–Kier alpha value is -5.10. The number of halogens is 1. The molecule has 0 radical (unpaired) electrons. The van der Waals surface area contributed by atoms with Crippen molar-refractivity contribution in [1.29, 1.82) is 0 Å². The van der Waals surface area contributed by atoms with Gasteiger partial charge in [-0.15, -0.1) is 0 Å². The molecule has 0 atom stereocenters. The van der Waals surface area contributed by atoms with Gasteiger partial charge in [0.2, 0.25) is 0 Å². The van der Waals surface area contributed by atoms with E-state index in [1.807, 2.05) is 84.9 Å². The van der Waals surface area contributed by atoms with E-state index in [-0.39, 0.29) is 17.6 Å². The summed E-state index contributed by atoms with van der Waals surface area (Å²) >= 11 is 0. The van der Waals surface area contributed by atoms with Crippen molar-refractivity contribution >= 4 is 11.7 Å². The Bertz CT molecular complexity index is 1560. The Morgan fingerprint density at radius 3 is 1.98 bits per heavy atom. The topological polar surface area (TPSA) is 50.8 Å². The molecule has 5 rings (SSSR count). The first-order valence-corrected chi connectivity index (χ1v) is 14.3. The highest BCUT2D eigenvalue weighted by molar-refractivity contribution is 5.89. The van der Waals surface area contributed by atoms with E-state index in [4.69, 9.17) is 9.47 Å². The summed E-state index contributed by atoms with van der Waals surface area (Å²) in [5, 5.41) is 2.77. The summed E-state index contributed by atoms with van der Waals surface area (Å²) in [6.45, 7) is 1.14. The maximum Gasteiger partial charge on any atom is 0.322 e. The van der Waals surface area contributed by atoms with Crippen LogP contribution < -0.4 is 14.8 Å². The number of para-hydroxylation sites is 1. The van der Waals surface area contributed by atoms with Gasteiger partial charge in [0.1, 0.15) is 12.4 Å². The van der Waals surface area contributed by atoms with E-state index >= 15 is 0 Å². The Morgan fingerprint density at radius 2 is 1.35 bits per heavy atom. The Labute approximate surface area is 252 Å². The minimum atomic E-state index is -0.483. The normalized spacial score (nSPS) is 10.8. The number of methoxy groups -OCH3 is 1. The Morgan fingerprint density at radius 1 is 0.744 bits per heavy atom. The average molecular weight is 575 g/mol. The molecule has 0 fully saturated rings. The quantitative estimate of drug-likeness (QED) is 0.162. The number of nitrogens with zero attached hydrogens (tertiary/aromatic N) is 1. The number of nitrogens with one attached hydrogen (secondary N) is 1. The third-order valence-corrected chi connectivity index (χ3v) is 7.33. The van der Waals surface area contributed by atoms with Crippen LogP contribution in [0.2, 0.25) is 0 Å². The van der Waals surface area contributed by atoms with Crippen LogP contribution in [0.3, 0.4) is 0 Å². The van der Waals surface area contributed by atoms with Crippen molar-refractivity contribution < 1.29 is 18.7 Å². The van der Waals surface area contributed by atoms with Gasteiger partial charge in [-0.25, -0.2) is 9.18 Å². The molecule has 5 nitrogen and oxygen atoms in total. The van der Waals surface area contributed by atoms with Gasteiger partial charge in [-0.3, -0.25) is 0 Å². The van der Waals surface area contributed by atoms with E-state index in [1.54, 1.807) is 30.2 Å². The lowest BCUT2D eigenvalue weighted by Crippen LogP contribution is -2.36. The molecule has 0 aromatic heterocycles. The van der Waals surface area contributed by atoms with Crippen molar-refractivity contribution in [2.75, 3.05) is 19.0 Å². The number of benzene rings is 5. The van der Waals surface area contributed by atoms with Crippen LogP contribution in [0.4, 0.5) is 14.9 Å². The molecule has 0 bridgehead atoms. The van der Waals surface area contributed by atoms with Gasteiger partial charge in [0.25, 0.3) is 0 Å². The standard InChI is InChI=1S/C37H35FN2O3/c1-42-36-25-29(21-22-35(36)43-27-28-13-5-2-6-14-28)26-40(37(41)39-34-20-12-11-19-33(34)38)24-23-32(30-15-7-3-8-16-30)31-17-9-4-10-18-31/h2-22,25,32H,23-24,26-27H2,1H3,(H,39,41). The van der Waals surface area contributed by atoms with Crippen molar-refractivity contribution in [2.45, 2.75) is 25.5 Å². The third-order valence-electron chi connectivity index (χ3n) is 7.33. The van der Waals surface area contributed by atoms with Gasteiger partial charge in [-0.1, -0.05) is 109 Å². The summed E-state index contributed by atoms with van der Waals surface area (Å²) in [5.41, 5.74) is 4.40. The fraction of sp³-hybridized carbons (Fsp3) is 0.162. The number of carbonyl (C=O) groups is 1. The largest absolute Gasteiger partial charge is 0.493 e. The molecule has 5 aromatic carbocycles. The van der Waals surface area contributed by atoms with Gasteiger partial charge < -0.3 is 19.7 Å². The van der Waals surface area contributed by atoms with Crippen molar-refractivity contribution in [3.63, 3.8) is 0 Å². The van der Waals surface area contributed by atoms with Crippen LogP contribution >= 0.6 is 0 Å². The second-order valence-electron chi connectivity index (χ2n) is 10.3. The summed E-state index contributed by atoms with van der Waals surface area (Å²) in [6.07, 6.45) is 0.675. The molecule has 0 spiro atoms. The highest BCUT2D eigenvalue weighted by Crippen LogP contribution is 2.31. The highest BCUT2D eigenvalue weighted by atomic mass is 19.1. The minimum absolute atomic E-state index is 0.0782.